The molecule has 1 aromatic heterocycles. The first kappa shape index (κ1) is 15.1. The number of aromatic amines is 1. The van der Waals surface area contributed by atoms with Gasteiger partial charge in [-0.1, -0.05) is 30.3 Å². The van der Waals surface area contributed by atoms with Crippen LogP contribution in [0.4, 0.5) is 5.82 Å². The summed E-state index contributed by atoms with van der Waals surface area (Å²) in [5.41, 5.74) is 3.46. The predicted molar refractivity (Wildman–Crippen MR) is 86.8 cm³/mol. The fourth-order valence-corrected chi connectivity index (χ4v) is 2.72. The maximum Gasteiger partial charge on any atom is 0.243 e. The highest BCUT2D eigenvalue weighted by atomic mass is 35.5. The van der Waals surface area contributed by atoms with E-state index in [1.54, 1.807) is 6.92 Å². The lowest BCUT2D eigenvalue weighted by molar-refractivity contribution is -0.115. The van der Waals surface area contributed by atoms with E-state index in [2.05, 4.69) is 44.7 Å². The van der Waals surface area contributed by atoms with Gasteiger partial charge >= 0.3 is 0 Å². The van der Waals surface area contributed by atoms with Crippen LogP contribution in [0.3, 0.4) is 0 Å². The van der Waals surface area contributed by atoms with E-state index in [-0.39, 0.29) is 5.91 Å². The van der Waals surface area contributed by atoms with E-state index in [0.717, 1.165) is 37.3 Å². The fraction of sp³-hybridized carbons (Fsp3) is 0.375. The molecule has 2 aromatic rings. The third kappa shape index (κ3) is 3.31. The summed E-state index contributed by atoms with van der Waals surface area (Å²) in [4.78, 5) is 14.1. The highest BCUT2D eigenvalue weighted by Gasteiger charge is 2.23. The van der Waals surface area contributed by atoms with Crippen LogP contribution in [0, 0.1) is 0 Å². The molecule has 0 bridgehead atoms. The molecule has 0 saturated carbocycles. The Morgan fingerprint density at radius 3 is 2.95 bits per heavy atom. The van der Waals surface area contributed by atoms with Gasteiger partial charge in [-0.2, -0.15) is 5.10 Å². The van der Waals surface area contributed by atoms with Crippen LogP contribution in [0.15, 0.2) is 30.3 Å². The summed E-state index contributed by atoms with van der Waals surface area (Å²) in [5.74, 6) is 0.398. The number of rotatable bonds is 4. The van der Waals surface area contributed by atoms with Crippen molar-refractivity contribution >= 4 is 23.3 Å². The van der Waals surface area contributed by atoms with Crippen LogP contribution in [0.5, 0.6) is 0 Å². The minimum atomic E-state index is -0.564. The number of amides is 1. The quantitative estimate of drug-likeness (QED) is 0.852. The van der Waals surface area contributed by atoms with Crippen molar-refractivity contribution in [1.29, 1.82) is 0 Å². The van der Waals surface area contributed by atoms with Crippen LogP contribution in [0.25, 0.3) is 0 Å². The van der Waals surface area contributed by atoms with Crippen molar-refractivity contribution in [2.45, 2.75) is 31.8 Å². The van der Waals surface area contributed by atoms with E-state index in [4.69, 9.17) is 11.6 Å². The smallest absolute Gasteiger partial charge is 0.243 e. The molecule has 1 atom stereocenters. The van der Waals surface area contributed by atoms with E-state index >= 15 is 0 Å². The van der Waals surface area contributed by atoms with Crippen LogP contribution < -0.4 is 5.32 Å². The van der Waals surface area contributed by atoms with Gasteiger partial charge in [-0.15, -0.1) is 11.6 Å². The Morgan fingerprint density at radius 2 is 2.23 bits per heavy atom. The Bertz CT molecular complexity index is 653. The van der Waals surface area contributed by atoms with Gasteiger partial charge < -0.3 is 5.32 Å². The Labute approximate surface area is 134 Å². The molecule has 6 heteroatoms. The van der Waals surface area contributed by atoms with Crippen LogP contribution in [-0.2, 0) is 24.3 Å². The van der Waals surface area contributed by atoms with Crippen molar-refractivity contribution in [3.8, 4) is 0 Å². The number of hydrogen-bond donors (Lipinski definition) is 2. The third-order valence-electron chi connectivity index (χ3n) is 3.86. The van der Waals surface area contributed by atoms with Gasteiger partial charge in [-0.05, 0) is 18.9 Å². The Kier molecular flexibility index (Phi) is 4.45. The number of hydrogen-bond acceptors (Lipinski definition) is 3. The first-order valence-electron chi connectivity index (χ1n) is 7.41. The number of carbonyl (C=O) groups is 1. The number of aromatic nitrogens is 2. The average molecular weight is 319 g/mol. The first-order valence-corrected chi connectivity index (χ1v) is 7.84. The molecule has 3 rings (SSSR count). The summed E-state index contributed by atoms with van der Waals surface area (Å²) in [6, 6.07) is 10.4. The second-order valence-corrected chi connectivity index (χ2v) is 6.24. The molecule has 1 aliphatic heterocycles. The molecule has 0 aliphatic carbocycles. The number of nitrogens with zero attached hydrogens (tertiary/aromatic N) is 2. The zero-order chi connectivity index (χ0) is 15.5. The van der Waals surface area contributed by atoms with Gasteiger partial charge in [0.1, 0.15) is 5.38 Å². The molecule has 1 unspecified atom stereocenters. The summed E-state index contributed by atoms with van der Waals surface area (Å²) in [6.07, 6.45) is 0.866. The third-order valence-corrected chi connectivity index (χ3v) is 4.06. The van der Waals surface area contributed by atoms with Gasteiger partial charge in [-0.3, -0.25) is 14.8 Å². The molecule has 0 spiro atoms. The monoisotopic (exact) mass is 318 g/mol. The molecule has 0 radical (unpaired) electrons. The first-order chi connectivity index (χ1) is 10.6. The topological polar surface area (TPSA) is 61.0 Å². The van der Waals surface area contributed by atoms with E-state index in [0.29, 0.717) is 5.82 Å². The van der Waals surface area contributed by atoms with Crippen LogP contribution in [0.2, 0.25) is 0 Å². The molecule has 1 amide bonds. The Morgan fingerprint density at radius 1 is 1.45 bits per heavy atom. The highest BCUT2D eigenvalue weighted by Crippen LogP contribution is 2.24. The molecule has 2 N–H and O–H groups in total. The molecule has 5 nitrogen and oxygen atoms in total. The van der Waals surface area contributed by atoms with Crippen molar-refractivity contribution in [2.24, 2.45) is 0 Å². The maximum absolute atomic E-state index is 11.7. The zero-order valence-corrected chi connectivity index (χ0v) is 13.2. The van der Waals surface area contributed by atoms with Gasteiger partial charge in [0.25, 0.3) is 0 Å². The number of benzene rings is 1. The van der Waals surface area contributed by atoms with Gasteiger partial charge in [0, 0.05) is 25.2 Å². The standard InChI is InChI=1S/C16H19ClN4O/c1-11(17)16(22)18-15-13-7-8-21(10-14(13)19-20-15)9-12-5-3-2-4-6-12/h2-6,11H,7-10H2,1H3,(H2,18,19,20,22). The van der Waals surface area contributed by atoms with Crippen molar-refractivity contribution < 1.29 is 4.79 Å². The maximum atomic E-state index is 11.7. The average Bonchev–Trinajstić information content (AvgIpc) is 2.90. The van der Waals surface area contributed by atoms with Crippen molar-refractivity contribution in [1.82, 2.24) is 15.1 Å². The summed E-state index contributed by atoms with van der Waals surface area (Å²) in [5, 5.41) is 9.47. The SMILES string of the molecule is CC(Cl)C(=O)Nc1n[nH]c2c1CCN(Cc1ccccc1)C2. The fourth-order valence-electron chi connectivity index (χ4n) is 2.67. The van der Waals surface area contributed by atoms with Crippen molar-refractivity contribution in [3.63, 3.8) is 0 Å². The Hall–Kier alpha value is -1.85. The van der Waals surface area contributed by atoms with Gasteiger partial charge in [-0.25, -0.2) is 0 Å². The number of carbonyl (C=O) groups excluding carboxylic acids is 1. The molecule has 1 aromatic carbocycles. The number of nitrogens with one attached hydrogen (secondary N) is 2. The molecule has 1 aliphatic rings. The predicted octanol–water partition coefficient (Wildman–Crippen LogP) is 2.53. The minimum absolute atomic E-state index is 0.220. The molecule has 0 fully saturated rings. The lowest BCUT2D eigenvalue weighted by Gasteiger charge is -2.26. The van der Waals surface area contributed by atoms with E-state index in [9.17, 15) is 4.79 Å². The molecule has 116 valence electrons. The second kappa shape index (κ2) is 6.50. The minimum Gasteiger partial charge on any atom is -0.308 e. The summed E-state index contributed by atoms with van der Waals surface area (Å²) in [7, 11) is 0. The van der Waals surface area contributed by atoms with Crippen LogP contribution in [-0.4, -0.2) is 32.9 Å². The van der Waals surface area contributed by atoms with Crippen molar-refractivity contribution in [3.05, 3.63) is 47.2 Å². The van der Waals surface area contributed by atoms with E-state index in [1.165, 1.54) is 5.56 Å². The Balaban J connectivity index is 1.67. The number of anilines is 1. The molecule has 22 heavy (non-hydrogen) atoms. The molecular weight excluding hydrogens is 300 g/mol. The number of alkyl halides is 1. The highest BCUT2D eigenvalue weighted by molar-refractivity contribution is 6.32. The van der Waals surface area contributed by atoms with E-state index in [1.807, 2.05) is 6.07 Å². The summed E-state index contributed by atoms with van der Waals surface area (Å²) in [6.45, 7) is 4.32. The number of halogens is 1. The van der Waals surface area contributed by atoms with Gasteiger partial charge in [0.05, 0.1) is 5.69 Å². The van der Waals surface area contributed by atoms with E-state index < -0.39 is 5.38 Å². The van der Waals surface area contributed by atoms with Crippen LogP contribution in [0.1, 0.15) is 23.7 Å². The van der Waals surface area contributed by atoms with Gasteiger partial charge in [0.15, 0.2) is 5.82 Å². The number of H-pyrrole nitrogens is 1. The molecule has 2 heterocycles. The lowest BCUT2D eigenvalue weighted by Crippen LogP contribution is -2.30. The van der Waals surface area contributed by atoms with Crippen LogP contribution >= 0.6 is 11.6 Å². The largest absolute Gasteiger partial charge is 0.308 e. The summed E-state index contributed by atoms with van der Waals surface area (Å²) >= 11 is 5.78. The zero-order valence-electron chi connectivity index (χ0n) is 12.5. The number of fused-ring (bicyclic) bond motifs is 1. The van der Waals surface area contributed by atoms with Crippen molar-refractivity contribution in [2.75, 3.05) is 11.9 Å². The molecule has 0 saturated heterocycles. The molecular formula is C16H19ClN4O. The summed E-state index contributed by atoms with van der Waals surface area (Å²) < 4.78 is 0. The normalized spacial score (nSPS) is 16.1. The second-order valence-electron chi connectivity index (χ2n) is 5.58. The lowest BCUT2D eigenvalue weighted by atomic mass is 10.1. The van der Waals surface area contributed by atoms with Gasteiger partial charge in [0.2, 0.25) is 5.91 Å².